The molecule has 8 nitrogen and oxygen atoms in total. The van der Waals surface area contributed by atoms with E-state index in [-0.39, 0.29) is 24.2 Å². The molecule has 0 fully saturated rings. The molecule has 0 saturated carbocycles. The first kappa shape index (κ1) is 23.6. The van der Waals surface area contributed by atoms with E-state index in [2.05, 4.69) is 5.16 Å². The number of rotatable bonds is 5. The molecule has 1 N–H and O–H groups in total. The maximum absolute atomic E-state index is 12.4. The van der Waals surface area contributed by atoms with E-state index < -0.39 is 17.2 Å². The Labute approximate surface area is 198 Å². The third kappa shape index (κ3) is 4.09. The van der Waals surface area contributed by atoms with E-state index in [1.165, 1.54) is 0 Å². The van der Waals surface area contributed by atoms with Gasteiger partial charge in [-0.3, -0.25) is 4.79 Å². The standard InChI is InChI=1S/C26H29N3O5/c1-6-26(32)20(16(14-30)15-33-24(26)31)11-22-23-19(13-29(22)5)18(12-27-34-25(2,3)4)17-9-7-8-10-21(17)28-23/h7-12,14,32H,6,13,15H2,1-5H3/b22-11-,27-12-/t26-/m0/s1. The number of carbonyl (C=O) groups excluding carboxylic acids is 2. The Morgan fingerprint density at radius 2 is 2.06 bits per heavy atom. The number of hydrogen-bond donors (Lipinski definition) is 1. The number of aliphatic hydroxyl groups is 1. The number of ether oxygens (including phenoxy) is 1. The predicted molar refractivity (Wildman–Crippen MR) is 129 cm³/mol. The lowest BCUT2D eigenvalue weighted by atomic mass is 9.85. The van der Waals surface area contributed by atoms with Crippen molar-refractivity contribution in [2.24, 2.45) is 5.16 Å². The minimum Gasteiger partial charge on any atom is -0.458 e. The minimum absolute atomic E-state index is 0.0755. The molecule has 0 amide bonds. The van der Waals surface area contributed by atoms with Gasteiger partial charge in [-0.1, -0.05) is 30.3 Å². The van der Waals surface area contributed by atoms with Crippen LogP contribution in [0, 0.1) is 0 Å². The molecule has 4 rings (SSSR count). The Morgan fingerprint density at radius 1 is 1.32 bits per heavy atom. The van der Waals surface area contributed by atoms with Gasteiger partial charge >= 0.3 is 5.97 Å². The number of cyclic esters (lactones) is 1. The Bertz CT molecular complexity index is 1260. The smallest absolute Gasteiger partial charge is 0.343 e. The summed E-state index contributed by atoms with van der Waals surface area (Å²) in [5.74, 6) is -0.757. The van der Waals surface area contributed by atoms with Crippen LogP contribution in [0.15, 0.2) is 46.6 Å². The average molecular weight is 464 g/mol. The Hall–Kier alpha value is -3.52. The Morgan fingerprint density at radius 3 is 2.74 bits per heavy atom. The molecule has 1 aromatic heterocycles. The Balaban J connectivity index is 1.92. The first-order valence-electron chi connectivity index (χ1n) is 11.2. The zero-order valence-corrected chi connectivity index (χ0v) is 20.1. The highest BCUT2D eigenvalue weighted by molar-refractivity contribution is 6.02. The predicted octanol–water partition coefficient (Wildman–Crippen LogP) is 3.36. The van der Waals surface area contributed by atoms with Crippen LogP contribution in [0.3, 0.4) is 0 Å². The van der Waals surface area contributed by atoms with Crippen molar-refractivity contribution >= 4 is 35.1 Å². The molecule has 0 aliphatic carbocycles. The van der Waals surface area contributed by atoms with E-state index in [0.717, 1.165) is 22.0 Å². The topological polar surface area (TPSA) is 101 Å². The minimum atomic E-state index is -1.90. The lowest BCUT2D eigenvalue weighted by Crippen LogP contribution is -2.45. The number of hydrogen-bond acceptors (Lipinski definition) is 8. The van der Waals surface area contributed by atoms with Gasteiger partial charge in [0.15, 0.2) is 5.60 Å². The number of oxime groups is 1. The summed E-state index contributed by atoms with van der Waals surface area (Å²) in [4.78, 5) is 36.7. The van der Waals surface area contributed by atoms with E-state index in [9.17, 15) is 14.7 Å². The molecule has 0 bridgehead atoms. The highest BCUT2D eigenvalue weighted by Gasteiger charge is 2.44. The molecule has 0 saturated heterocycles. The summed E-state index contributed by atoms with van der Waals surface area (Å²) in [6.45, 7) is 7.82. The fourth-order valence-corrected chi connectivity index (χ4v) is 4.21. The SMILES string of the molecule is CC[C@@]1(O)C(=O)OCC(C=O)=C1/C=C1/c2nc3ccccc3c(/C=N\OC(C)(C)C)c2CN1C. The zero-order chi connectivity index (χ0) is 24.7. The summed E-state index contributed by atoms with van der Waals surface area (Å²) in [7, 11) is 1.90. The maximum atomic E-state index is 12.4. The normalized spacial score (nSPS) is 22.0. The van der Waals surface area contributed by atoms with Crippen LogP contribution in [0.4, 0.5) is 0 Å². The third-order valence-corrected chi connectivity index (χ3v) is 6.02. The first-order chi connectivity index (χ1) is 16.1. The van der Waals surface area contributed by atoms with Gasteiger partial charge in [0.25, 0.3) is 0 Å². The van der Waals surface area contributed by atoms with E-state index in [0.29, 0.717) is 24.2 Å². The van der Waals surface area contributed by atoms with Gasteiger partial charge in [-0.15, -0.1) is 0 Å². The molecule has 34 heavy (non-hydrogen) atoms. The lowest BCUT2D eigenvalue weighted by Gasteiger charge is -2.32. The van der Waals surface area contributed by atoms with E-state index in [1.54, 1.807) is 19.2 Å². The fraction of sp³-hybridized carbons (Fsp3) is 0.385. The van der Waals surface area contributed by atoms with Gasteiger partial charge < -0.3 is 19.6 Å². The van der Waals surface area contributed by atoms with Crippen molar-refractivity contribution in [1.29, 1.82) is 0 Å². The van der Waals surface area contributed by atoms with E-state index >= 15 is 0 Å². The second-order valence-corrected chi connectivity index (χ2v) is 9.54. The summed E-state index contributed by atoms with van der Waals surface area (Å²) in [5, 5.41) is 16.3. The maximum Gasteiger partial charge on any atom is 0.343 e. The van der Waals surface area contributed by atoms with Crippen LogP contribution in [0.25, 0.3) is 16.6 Å². The molecule has 2 aliphatic rings. The molecule has 0 radical (unpaired) electrons. The van der Waals surface area contributed by atoms with Gasteiger partial charge in [-0.25, -0.2) is 9.78 Å². The second kappa shape index (κ2) is 8.68. The zero-order valence-electron chi connectivity index (χ0n) is 20.1. The van der Waals surface area contributed by atoms with Crippen LogP contribution in [-0.2, 0) is 25.7 Å². The number of aromatic nitrogens is 1. The van der Waals surface area contributed by atoms with Crippen LogP contribution in [-0.4, -0.2) is 58.3 Å². The number of esters is 1. The molecule has 1 aromatic carbocycles. The molecule has 8 heteroatoms. The van der Waals surface area contributed by atoms with Crippen LogP contribution < -0.4 is 0 Å². The summed E-state index contributed by atoms with van der Waals surface area (Å²) < 4.78 is 5.06. The molecule has 2 aromatic rings. The van der Waals surface area contributed by atoms with Crippen molar-refractivity contribution in [1.82, 2.24) is 9.88 Å². The Kier molecular flexibility index (Phi) is 6.03. The van der Waals surface area contributed by atoms with E-state index in [1.807, 2.05) is 57.0 Å². The number of aldehydes is 1. The van der Waals surface area contributed by atoms with Gasteiger partial charge in [0.2, 0.25) is 0 Å². The molecular formula is C26H29N3O5. The molecular weight excluding hydrogens is 434 g/mol. The number of benzene rings is 1. The van der Waals surface area contributed by atoms with Crippen LogP contribution in [0.2, 0.25) is 0 Å². The summed E-state index contributed by atoms with van der Waals surface area (Å²) in [5.41, 5.74) is 2.17. The third-order valence-electron chi connectivity index (χ3n) is 6.02. The largest absolute Gasteiger partial charge is 0.458 e. The summed E-state index contributed by atoms with van der Waals surface area (Å²) >= 11 is 0. The van der Waals surface area contributed by atoms with Crippen LogP contribution in [0.5, 0.6) is 0 Å². The molecule has 2 aliphatic heterocycles. The van der Waals surface area contributed by atoms with Crippen LogP contribution in [0.1, 0.15) is 50.9 Å². The van der Waals surface area contributed by atoms with Crippen molar-refractivity contribution in [3.63, 3.8) is 0 Å². The summed E-state index contributed by atoms with van der Waals surface area (Å²) in [6, 6.07) is 7.77. The highest BCUT2D eigenvalue weighted by atomic mass is 16.6. The highest BCUT2D eigenvalue weighted by Crippen LogP contribution is 2.39. The summed E-state index contributed by atoms with van der Waals surface area (Å²) in [6.07, 6.45) is 4.10. The quantitative estimate of drug-likeness (QED) is 0.314. The van der Waals surface area contributed by atoms with Crippen molar-refractivity contribution in [3.8, 4) is 0 Å². The van der Waals surface area contributed by atoms with Crippen molar-refractivity contribution in [2.45, 2.75) is 51.9 Å². The van der Waals surface area contributed by atoms with Gasteiger partial charge in [-0.05, 0) is 39.3 Å². The van der Waals surface area contributed by atoms with Crippen molar-refractivity contribution < 1.29 is 24.3 Å². The molecule has 178 valence electrons. The average Bonchev–Trinajstić information content (AvgIpc) is 3.10. The van der Waals surface area contributed by atoms with Gasteiger partial charge in [-0.2, -0.15) is 0 Å². The van der Waals surface area contributed by atoms with E-state index in [4.69, 9.17) is 14.6 Å². The number of pyridine rings is 1. The number of para-hydroxylation sites is 1. The number of carbonyl (C=O) groups is 2. The first-order valence-corrected chi connectivity index (χ1v) is 11.2. The number of nitrogens with zero attached hydrogens (tertiary/aromatic N) is 3. The molecule has 3 heterocycles. The monoisotopic (exact) mass is 463 g/mol. The van der Waals surface area contributed by atoms with Gasteiger partial charge in [0.05, 0.1) is 23.1 Å². The molecule has 0 spiro atoms. The fourth-order valence-electron chi connectivity index (χ4n) is 4.21. The van der Waals surface area contributed by atoms with Crippen molar-refractivity contribution in [2.75, 3.05) is 13.7 Å². The number of fused-ring (bicyclic) bond motifs is 2. The van der Waals surface area contributed by atoms with Gasteiger partial charge in [0.1, 0.15) is 18.5 Å². The lowest BCUT2D eigenvalue weighted by molar-refractivity contribution is -0.162. The van der Waals surface area contributed by atoms with Gasteiger partial charge in [0, 0.05) is 41.3 Å². The molecule has 0 unspecified atom stereocenters. The second-order valence-electron chi connectivity index (χ2n) is 9.54. The van der Waals surface area contributed by atoms with Crippen LogP contribution >= 0.6 is 0 Å². The van der Waals surface area contributed by atoms with Crippen molar-refractivity contribution in [3.05, 3.63) is 58.3 Å². The molecule has 1 atom stereocenters.